The minimum absolute atomic E-state index is 0.00813. The van der Waals surface area contributed by atoms with Crippen molar-refractivity contribution in [3.8, 4) is 0 Å². The summed E-state index contributed by atoms with van der Waals surface area (Å²) >= 11 is 5.92. The predicted molar refractivity (Wildman–Crippen MR) is 87.9 cm³/mol. The first kappa shape index (κ1) is 18.2. The maximum Gasteiger partial charge on any atom is 0.339 e. The lowest BCUT2D eigenvalue weighted by molar-refractivity contribution is 0.0596. The highest BCUT2D eigenvalue weighted by Gasteiger charge is 2.33. The van der Waals surface area contributed by atoms with E-state index in [1.165, 1.54) is 29.6 Å². The van der Waals surface area contributed by atoms with Gasteiger partial charge in [0.1, 0.15) is 0 Å². The van der Waals surface area contributed by atoms with E-state index in [1.54, 1.807) is 0 Å². The van der Waals surface area contributed by atoms with Crippen LogP contribution in [0.4, 0.5) is 0 Å². The minimum atomic E-state index is -3.81. The Morgan fingerprint density at radius 3 is 2.52 bits per heavy atom. The van der Waals surface area contributed by atoms with E-state index in [4.69, 9.17) is 17.3 Å². The average molecular weight is 361 g/mol. The number of methoxy groups -OCH3 is 1. The molecule has 0 bridgehead atoms. The van der Waals surface area contributed by atoms with Crippen molar-refractivity contribution in [3.63, 3.8) is 0 Å². The molecule has 0 amide bonds. The molecule has 1 saturated heterocycles. The predicted octanol–water partition coefficient (Wildman–Crippen LogP) is 1.87. The minimum Gasteiger partial charge on any atom is -0.465 e. The molecule has 2 N–H and O–H groups in total. The fraction of sp³-hybridized carbons (Fsp3) is 0.533. The molecule has 1 heterocycles. The molecular weight excluding hydrogens is 340 g/mol. The van der Waals surface area contributed by atoms with Gasteiger partial charge in [0.2, 0.25) is 10.0 Å². The monoisotopic (exact) mass is 360 g/mol. The molecule has 23 heavy (non-hydrogen) atoms. The van der Waals surface area contributed by atoms with Crippen molar-refractivity contribution in [1.82, 2.24) is 4.31 Å². The number of hydrogen-bond donors (Lipinski definition) is 1. The van der Waals surface area contributed by atoms with Crippen molar-refractivity contribution in [1.29, 1.82) is 0 Å². The maximum absolute atomic E-state index is 12.9. The maximum atomic E-state index is 12.9. The Labute approximate surface area is 141 Å². The molecule has 0 aliphatic carbocycles. The van der Waals surface area contributed by atoms with E-state index >= 15 is 0 Å². The number of benzene rings is 1. The summed E-state index contributed by atoms with van der Waals surface area (Å²) in [6.07, 6.45) is 1.40. The molecular formula is C15H21ClN2O4S. The Morgan fingerprint density at radius 2 is 2.00 bits per heavy atom. The normalized spacial score (nSPS) is 18.6. The van der Waals surface area contributed by atoms with Crippen molar-refractivity contribution in [2.75, 3.05) is 20.2 Å². The summed E-state index contributed by atoms with van der Waals surface area (Å²) in [4.78, 5) is 11.7. The number of carbonyl (C=O) groups is 1. The molecule has 0 aromatic heterocycles. The van der Waals surface area contributed by atoms with Crippen LogP contribution in [0.25, 0.3) is 0 Å². The van der Waals surface area contributed by atoms with Crippen LogP contribution in [-0.2, 0) is 14.8 Å². The molecule has 0 spiro atoms. The second-order valence-electron chi connectivity index (χ2n) is 5.73. The number of esters is 1. The molecule has 128 valence electrons. The molecule has 1 atom stereocenters. The van der Waals surface area contributed by atoms with Crippen molar-refractivity contribution in [2.45, 2.75) is 30.7 Å². The number of rotatable bonds is 4. The zero-order valence-electron chi connectivity index (χ0n) is 13.2. The van der Waals surface area contributed by atoms with E-state index < -0.39 is 16.0 Å². The Morgan fingerprint density at radius 1 is 1.39 bits per heavy atom. The van der Waals surface area contributed by atoms with E-state index in [-0.39, 0.29) is 21.5 Å². The molecule has 0 radical (unpaired) electrons. The van der Waals surface area contributed by atoms with Crippen molar-refractivity contribution < 1.29 is 17.9 Å². The molecule has 1 aromatic carbocycles. The fourth-order valence-electron chi connectivity index (χ4n) is 2.77. The van der Waals surface area contributed by atoms with Gasteiger partial charge in [-0.3, -0.25) is 0 Å². The highest BCUT2D eigenvalue weighted by atomic mass is 35.5. The van der Waals surface area contributed by atoms with E-state index in [9.17, 15) is 13.2 Å². The van der Waals surface area contributed by atoms with Crippen LogP contribution in [0.2, 0.25) is 5.02 Å². The lowest BCUT2D eigenvalue weighted by atomic mass is 9.92. The van der Waals surface area contributed by atoms with Crippen LogP contribution in [0.15, 0.2) is 23.1 Å². The van der Waals surface area contributed by atoms with Gasteiger partial charge < -0.3 is 10.5 Å². The van der Waals surface area contributed by atoms with Gasteiger partial charge in [0.25, 0.3) is 0 Å². The van der Waals surface area contributed by atoms with Gasteiger partial charge in [-0.1, -0.05) is 11.6 Å². The number of halogens is 1. The highest BCUT2D eigenvalue weighted by molar-refractivity contribution is 7.89. The van der Waals surface area contributed by atoms with Gasteiger partial charge in [-0.2, -0.15) is 4.31 Å². The molecule has 0 saturated carbocycles. The quantitative estimate of drug-likeness (QED) is 0.828. The molecule has 1 fully saturated rings. The summed E-state index contributed by atoms with van der Waals surface area (Å²) in [5.41, 5.74) is 5.88. The number of nitrogens with zero attached hydrogens (tertiary/aromatic N) is 1. The zero-order valence-corrected chi connectivity index (χ0v) is 14.7. The van der Waals surface area contributed by atoms with E-state index in [1.807, 2.05) is 6.92 Å². The molecule has 8 heteroatoms. The van der Waals surface area contributed by atoms with Crippen molar-refractivity contribution in [2.24, 2.45) is 11.7 Å². The van der Waals surface area contributed by atoms with Gasteiger partial charge in [0, 0.05) is 24.2 Å². The first-order chi connectivity index (χ1) is 10.8. The molecule has 1 unspecified atom stereocenters. The molecule has 1 aliphatic heterocycles. The summed E-state index contributed by atoms with van der Waals surface area (Å²) in [6.45, 7) is 2.69. The van der Waals surface area contributed by atoms with Gasteiger partial charge in [-0.25, -0.2) is 13.2 Å². The van der Waals surface area contributed by atoms with E-state index in [0.29, 0.717) is 31.8 Å². The van der Waals surface area contributed by atoms with Gasteiger partial charge >= 0.3 is 5.97 Å². The van der Waals surface area contributed by atoms with Crippen LogP contribution in [0.1, 0.15) is 30.1 Å². The van der Waals surface area contributed by atoms with Gasteiger partial charge in [0.05, 0.1) is 17.6 Å². The number of piperidine rings is 1. The lowest BCUT2D eigenvalue weighted by Gasteiger charge is -2.33. The average Bonchev–Trinajstić information content (AvgIpc) is 2.54. The molecule has 1 aromatic rings. The lowest BCUT2D eigenvalue weighted by Crippen LogP contribution is -2.42. The highest BCUT2D eigenvalue weighted by Crippen LogP contribution is 2.29. The number of ether oxygens (including phenoxy) is 1. The summed E-state index contributed by atoms with van der Waals surface area (Å²) in [5, 5.41) is 0.252. The standard InChI is InChI=1S/C15H21ClN2O4S/c1-10(17)11-5-7-18(8-6-11)23(20,21)14-9-12(16)3-4-13(14)15(19)22-2/h3-4,9-11H,5-8,17H2,1-2H3. The number of hydrogen-bond acceptors (Lipinski definition) is 5. The molecule has 2 rings (SSSR count). The third-order valence-corrected chi connectivity index (χ3v) is 6.38. The fourth-order valence-corrected chi connectivity index (χ4v) is 4.68. The Hall–Kier alpha value is -1.15. The van der Waals surface area contributed by atoms with Crippen LogP contribution < -0.4 is 5.73 Å². The number of sulfonamides is 1. The van der Waals surface area contributed by atoms with Crippen LogP contribution in [-0.4, -0.2) is 44.9 Å². The third-order valence-electron chi connectivity index (χ3n) is 4.21. The van der Waals surface area contributed by atoms with Gasteiger partial charge in [-0.15, -0.1) is 0 Å². The first-order valence-electron chi connectivity index (χ1n) is 7.41. The second kappa shape index (κ2) is 7.17. The Kier molecular flexibility index (Phi) is 5.67. The SMILES string of the molecule is COC(=O)c1ccc(Cl)cc1S(=O)(=O)N1CCC(C(C)N)CC1. The Bertz CT molecular complexity index is 683. The summed E-state index contributed by atoms with van der Waals surface area (Å²) in [6, 6.07) is 4.17. The van der Waals surface area contributed by atoms with Crippen LogP contribution in [0.3, 0.4) is 0 Å². The Balaban J connectivity index is 2.34. The van der Waals surface area contributed by atoms with Crippen LogP contribution >= 0.6 is 11.6 Å². The first-order valence-corrected chi connectivity index (χ1v) is 9.22. The van der Waals surface area contributed by atoms with Gasteiger partial charge in [0.15, 0.2) is 0 Å². The van der Waals surface area contributed by atoms with Crippen molar-refractivity contribution >= 4 is 27.6 Å². The summed E-state index contributed by atoms with van der Waals surface area (Å²) in [7, 11) is -2.60. The van der Waals surface area contributed by atoms with Crippen LogP contribution in [0, 0.1) is 5.92 Å². The van der Waals surface area contributed by atoms with Crippen LogP contribution in [0.5, 0.6) is 0 Å². The summed E-state index contributed by atoms with van der Waals surface area (Å²) < 4.78 is 31.8. The van der Waals surface area contributed by atoms with Gasteiger partial charge in [-0.05, 0) is 43.9 Å². The second-order valence-corrected chi connectivity index (χ2v) is 8.08. The number of carbonyl (C=O) groups excluding carboxylic acids is 1. The van der Waals surface area contributed by atoms with E-state index in [0.717, 1.165) is 0 Å². The number of nitrogens with two attached hydrogens (primary N) is 1. The third kappa shape index (κ3) is 3.85. The zero-order chi connectivity index (χ0) is 17.2. The largest absolute Gasteiger partial charge is 0.465 e. The molecule has 6 nitrogen and oxygen atoms in total. The van der Waals surface area contributed by atoms with E-state index in [2.05, 4.69) is 4.74 Å². The smallest absolute Gasteiger partial charge is 0.339 e. The molecule has 1 aliphatic rings. The topological polar surface area (TPSA) is 89.7 Å². The summed E-state index contributed by atoms with van der Waals surface area (Å²) in [5.74, 6) is -0.397. The van der Waals surface area contributed by atoms with Crippen molar-refractivity contribution in [3.05, 3.63) is 28.8 Å².